The first-order valence-corrected chi connectivity index (χ1v) is 6.74. The summed E-state index contributed by atoms with van der Waals surface area (Å²) in [5.41, 5.74) is 10.2. The first-order valence-electron chi connectivity index (χ1n) is 6.74. The van der Waals surface area contributed by atoms with Gasteiger partial charge in [-0.15, -0.1) is 0 Å². The van der Waals surface area contributed by atoms with Gasteiger partial charge in [-0.25, -0.2) is 9.97 Å². The number of nitrogen functional groups attached to an aromatic ring is 1. The Morgan fingerprint density at radius 1 is 1.05 bits per heavy atom. The molecule has 0 amide bonds. The standard InChI is InChI=1S/C15H18N4/c16-12-7-5-11(6-8-12)9-17-15-13-3-1-2-4-14(13)18-10-19-15/h5-8,10H,1-4,9,16H2,(H,17,18,19). The molecule has 4 heteroatoms. The number of rotatable bonds is 3. The molecule has 0 atom stereocenters. The van der Waals surface area contributed by atoms with Crippen molar-refractivity contribution in [2.24, 2.45) is 0 Å². The zero-order valence-electron chi connectivity index (χ0n) is 10.9. The van der Waals surface area contributed by atoms with Crippen LogP contribution in [0.3, 0.4) is 0 Å². The number of benzene rings is 1. The van der Waals surface area contributed by atoms with Crippen molar-refractivity contribution in [2.75, 3.05) is 11.1 Å². The molecule has 1 aromatic carbocycles. The number of hydrogen-bond donors (Lipinski definition) is 2. The monoisotopic (exact) mass is 254 g/mol. The minimum atomic E-state index is 0.768. The summed E-state index contributed by atoms with van der Waals surface area (Å²) in [6, 6.07) is 7.92. The van der Waals surface area contributed by atoms with E-state index in [2.05, 4.69) is 15.3 Å². The van der Waals surface area contributed by atoms with Crippen molar-refractivity contribution in [2.45, 2.75) is 32.2 Å². The molecule has 19 heavy (non-hydrogen) atoms. The summed E-state index contributed by atoms with van der Waals surface area (Å²) in [6.07, 6.45) is 6.29. The number of aromatic nitrogens is 2. The van der Waals surface area contributed by atoms with Crippen LogP contribution >= 0.6 is 0 Å². The van der Waals surface area contributed by atoms with Crippen LogP contribution < -0.4 is 11.1 Å². The predicted molar refractivity (Wildman–Crippen MR) is 76.9 cm³/mol. The van der Waals surface area contributed by atoms with Gasteiger partial charge in [0.25, 0.3) is 0 Å². The van der Waals surface area contributed by atoms with Crippen LogP contribution in [-0.4, -0.2) is 9.97 Å². The van der Waals surface area contributed by atoms with Crippen LogP contribution in [0, 0.1) is 0 Å². The molecule has 3 rings (SSSR count). The Kier molecular flexibility index (Phi) is 3.31. The molecule has 0 fully saturated rings. The highest BCUT2D eigenvalue weighted by molar-refractivity contribution is 5.48. The molecule has 0 unspecified atom stereocenters. The molecule has 98 valence electrons. The zero-order chi connectivity index (χ0) is 13.1. The van der Waals surface area contributed by atoms with Crippen LogP contribution in [0.25, 0.3) is 0 Å². The van der Waals surface area contributed by atoms with E-state index in [-0.39, 0.29) is 0 Å². The maximum Gasteiger partial charge on any atom is 0.133 e. The highest BCUT2D eigenvalue weighted by Crippen LogP contribution is 2.24. The van der Waals surface area contributed by atoms with Gasteiger partial charge in [0.05, 0.1) is 0 Å². The lowest BCUT2D eigenvalue weighted by Gasteiger charge is -2.18. The summed E-state index contributed by atoms with van der Waals surface area (Å²) in [4.78, 5) is 8.76. The van der Waals surface area contributed by atoms with E-state index in [1.807, 2.05) is 24.3 Å². The number of nitrogens with one attached hydrogen (secondary N) is 1. The molecule has 1 aliphatic rings. The Morgan fingerprint density at radius 2 is 1.84 bits per heavy atom. The molecular weight excluding hydrogens is 236 g/mol. The van der Waals surface area contributed by atoms with Crippen molar-refractivity contribution < 1.29 is 0 Å². The molecular formula is C15H18N4. The van der Waals surface area contributed by atoms with Gasteiger partial charge in [-0.2, -0.15) is 0 Å². The summed E-state index contributed by atoms with van der Waals surface area (Å²) >= 11 is 0. The zero-order valence-corrected chi connectivity index (χ0v) is 10.9. The number of anilines is 2. The van der Waals surface area contributed by atoms with E-state index in [0.717, 1.165) is 30.9 Å². The highest BCUT2D eigenvalue weighted by Gasteiger charge is 2.14. The van der Waals surface area contributed by atoms with Gasteiger partial charge < -0.3 is 11.1 Å². The predicted octanol–water partition coefficient (Wildman–Crippen LogP) is 2.55. The summed E-state index contributed by atoms with van der Waals surface area (Å²) in [6.45, 7) is 0.768. The van der Waals surface area contributed by atoms with E-state index >= 15 is 0 Å². The van der Waals surface area contributed by atoms with Gasteiger partial charge in [-0.3, -0.25) is 0 Å². The SMILES string of the molecule is Nc1ccc(CNc2ncnc3c2CCCC3)cc1. The van der Waals surface area contributed by atoms with E-state index in [1.54, 1.807) is 6.33 Å². The fourth-order valence-electron chi connectivity index (χ4n) is 2.49. The van der Waals surface area contributed by atoms with Gasteiger partial charge in [-0.1, -0.05) is 12.1 Å². The second-order valence-corrected chi connectivity index (χ2v) is 4.95. The molecule has 0 saturated carbocycles. The maximum atomic E-state index is 5.68. The lowest BCUT2D eigenvalue weighted by Crippen LogP contribution is -2.12. The van der Waals surface area contributed by atoms with Crippen LogP contribution in [0.15, 0.2) is 30.6 Å². The number of nitrogens with two attached hydrogens (primary N) is 1. The topological polar surface area (TPSA) is 63.8 Å². The van der Waals surface area contributed by atoms with Gasteiger partial charge in [0, 0.05) is 23.5 Å². The summed E-state index contributed by atoms with van der Waals surface area (Å²) in [7, 11) is 0. The molecule has 0 saturated heterocycles. The Hall–Kier alpha value is -2.10. The first kappa shape index (κ1) is 12.0. The second-order valence-electron chi connectivity index (χ2n) is 4.95. The Bertz CT molecular complexity index is 563. The van der Waals surface area contributed by atoms with E-state index in [4.69, 9.17) is 5.73 Å². The van der Waals surface area contributed by atoms with Gasteiger partial charge in [0.2, 0.25) is 0 Å². The third kappa shape index (κ3) is 2.67. The number of hydrogen-bond acceptors (Lipinski definition) is 4. The number of fused-ring (bicyclic) bond motifs is 1. The van der Waals surface area contributed by atoms with Crippen LogP contribution in [0.1, 0.15) is 29.7 Å². The quantitative estimate of drug-likeness (QED) is 0.826. The van der Waals surface area contributed by atoms with Crippen LogP contribution in [-0.2, 0) is 19.4 Å². The van der Waals surface area contributed by atoms with Crippen molar-refractivity contribution in [3.63, 3.8) is 0 Å². The Balaban J connectivity index is 1.75. The molecule has 4 nitrogen and oxygen atoms in total. The molecule has 3 N–H and O–H groups in total. The van der Waals surface area contributed by atoms with Crippen molar-refractivity contribution in [1.82, 2.24) is 9.97 Å². The second kappa shape index (κ2) is 5.26. The van der Waals surface area contributed by atoms with E-state index in [1.165, 1.54) is 29.7 Å². The van der Waals surface area contributed by atoms with E-state index < -0.39 is 0 Å². The van der Waals surface area contributed by atoms with Gasteiger partial charge >= 0.3 is 0 Å². The summed E-state index contributed by atoms with van der Waals surface area (Å²) < 4.78 is 0. The van der Waals surface area contributed by atoms with Crippen LogP contribution in [0.5, 0.6) is 0 Å². The maximum absolute atomic E-state index is 5.68. The minimum Gasteiger partial charge on any atom is -0.399 e. The number of nitrogens with zero attached hydrogens (tertiary/aromatic N) is 2. The number of aryl methyl sites for hydroxylation is 1. The fourth-order valence-corrected chi connectivity index (χ4v) is 2.49. The summed E-state index contributed by atoms with van der Waals surface area (Å²) in [5, 5.41) is 3.42. The molecule has 0 spiro atoms. The largest absolute Gasteiger partial charge is 0.399 e. The lowest BCUT2D eigenvalue weighted by atomic mass is 9.96. The van der Waals surface area contributed by atoms with Crippen molar-refractivity contribution in [1.29, 1.82) is 0 Å². The lowest BCUT2D eigenvalue weighted by molar-refractivity contribution is 0.663. The molecule has 1 heterocycles. The Morgan fingerprint density at radius 3 is 2.68 bits per heavy atom. The van der Waals surface area contributed by atoms with Crippen LogP contribution in [0.4, 0.5) is 11.5 Å². The van der Waals surface area contributed by atoms with Crippen molar-refractivity contribution in [3.8, 4) is 0 Å². The molecule has 0 bridgehead atoms. The minimum absolute atomic E-state index is 0.768. The smallest absolute Gasteiger partial charge is 0.133 e. The normalized spacial score (nSPS) is 13.9. The molecule has 1 aromatic heterocycles. The Labute approximate surface area is 113 Å². The van der Waals surface area contributed by atoms with E-state index in [9.17, 15) is 0 Å². The average Bonchev–Trinajstić information content (AvgIpc) is 2.47. The molecule has 2 aromatic rings. The van der Waals surface area contributed by atoms with Gasteiger partial charge in [0.15, 0.2) is 0 Å². The third-order valence-electron chi connectivity index (χ3n) is 3.56. The van der Waals surface area contributed by atoms with Crippen molar-refractivity contribution in [3.05, 3.63) is 47.4 Å². The highest BCUT2D eigenvalue weighted by atomic mass is 15.0. The fraction of sp³-hybridized carbons (Fsp3) is 0.333. The van der Waals surface area contributed by atoms with Crippen LogP contribution in [0.2, 0.25) is 0 Å². The van der Waals surface area contributed by atoms with Gasteiger partial charge in [-0.05, 0) is 43.4 Å². The summed E-state index contributed by atoms with van der Waals surface area (Å²) in [5.74, 6) is 0.988. The first-order chi connectivity index (χ1) is 9.33. The average molecular weight is 254 g/mol. The molecule has 0 radical (unpaired) electrons. The third-order valence-corrected chi connectivity index (χ3v) is 3.56. The van der Waals surface area contributed by atoms with Gasteiger partial charge in [0.1, 0.15) is 12.1 Å². The van der Waals surface area contributed by atoms with Crippen molar-refractivity contribution >= 4 is 11.5 Å². The molecule has 0 aliphatic heterocycles. The van der Waals surface area contributed by atoms with E-state index in [0.29, 0.717) is 0 Å². The molecule has 1 aliphatic carbocycles.